The summed E-state index contributed by atoms with van der Waals surface area (Å²) in [6.45, 7) is 1.50. The molecular formula is C19H16FN2O4S-. The fraction of sp³-hybridized carbons (Fsp3) is 0.211. The monoisotopic (exact) mass is 387 g/mol. The summed E-state index contributed by atoms with van der Waals surface area (Å²) in [6.07, 6.45) is 7.95. The molecule has 0 radical (unpaired) electrons. The summed E-state index contributed by atoms with van der Waals surface area (Å²) in [7, 11) is 0. The van der Waals surface area contributed by atoms with Crippen LogP contribution in [0.15, 0.2) is 53.5 Å². The van der Waals surface area contributed by atoms with Gasteiger partial charge in [0.1, 0.15) is 5.82 Å². The fourth-order valence-electron chi connectivity index (χ4n) is 2.82. The minimum Gasteiger partial charge on any atom is -0.549 e. The van der Waals surface area contributed by atoms with Gasteiger partial charge in [-0.05, 0) is 42.5 Å². The minimum absolute atomic E-state index is 0.149. The molecule has 3 rings (SSSR count). The summed E-state index contributed by atoms with van der Waals surface area (Å²) in [5.74, 6) is -3.08. The summed E-state index contributed by atoms with van der Waals surface area (Å²) >= 11 is 0.778. The Hall–Kier alpha value is -2.71. The molecule has 1 N–H and O–H groups in total. The number of carboxylic acid groups (broad SMARTS) is 1. The molecule has 0 spiro atoms. The Labute approximate surface area is 159 Å². The van der Waals surface area contributed by atoms with Crippen molar-refractivity contribution in [3.63, 3.8) is 0 Å². The van der Waals surface area contributed by atoms with E-state index in [-0.39, 0.29) is 11.6 Å². The zero-order valence-corrected chi connectivity index (χ0v) is 15.2. The number of benzene rings is 1. The maximum absolute atomic E-state index is 13.0. The molecule has 1 aliphatic heterocycles. The van der Waals surface area contributed by atoms with Gasteiger partial charge in [-0.25, -0.2) is 4.39 Å². The van der Waals surface area contributed by atoms with E-state index in [2.05, 4.69) is 5.32 Å². The van der Waals surface area contributed by atoms with E-state index in [0.717, 1.165) is 16.7 Å². The van der Waals surface area contributed by atoms with Gasteiger partial charge in [-0.3, -0.25) is 19.8 Å². The number of hydrogen-bond donors (Lipinski definition) is 1. The topological polar surface area (TPSA) is 89.5 Å². The first kappa shape index (κ1) is 19.1. The van der Waals surface area contributed by atoms with Crippen LogP contribution >= 0.6 is 11.8 Å². The molecule has 140 valence electrons. The van der Waals surface area contributed by atoms with Crippen molar-refractivity contribution in [2.45, 2.75) is 12.5 Å². The molecule has 2 atom stereocenters. The van der Waals surface area contributed by atoms with Gasteiger partial charge in [-0.1, -0.05) is 36.4 Å². The zero-order valence-electron chi connectivity index (χ0n) is 14.3. The number of imide groups is 1. The van der Waals surface area contributed by atoms with Gasteiger partial charge in [-0.15, -0.1) is 0 Å². The Bertz CT molecular complexity index is 878. The second kappa shape index (κ2) is 7.50. The van der Waals surface area contributed by atoms with Crippen LogP contribution in [-0.2, 0) is 9.59 Å². The predicted octanol–water partition coefficient (Wildman–Crippen LogP) is 1.66. The van der Waals surface area contributed by atoms with Crippen LogP contribution in [0.2, 0.25) is 0 Å². The van der Waals surface area contributed by atoms with Crippen molar-refractivity contribution in [2.24, 2.45) is 5.92 Å². The number of thioether (sulfide) groups is 1. The molecule has 1 fully saturated rings. The van der Waals surface area contributed by atoms with Crippen LogP contribution in [0.25, 0.3) is 6.08 Å². The van der Waals surface area contributed by atoms with Gasteiger partial charge in [0, 0.05) is 11.5 Å². The standard InChI is InChI=1S/C19H17FN2O4S/c1-19(9-3-2-4-14(19)17(24)25)21-11-22-16(23)15(27-18(22)26)10-12-5-7-13(20)8-6-12/h2-10,14,21H,11H2,1H3,(H,24,25)/p-1/b15-10+. The number of nitrogens with one attached hydrogen (secondary N) is 1. The van der Waals surface area contributed by atoms with Gasteiger partial charge in [0.25, 0.3) is 11.1 Å². The summed E-state index contributed by atoms with van der Waals surface area (Å²) < 4.78 is 13.0. The number of nitrogens with zero attached hydrogens (tertiary/aromatic N) is 1. The molecular weight excluding hydrogens is 371 g/mol. The average molecular weight is 387 g/mol. The molecule has 2 unspecified atom stereocenters. The Morgan fingerprint density at radius 1 is 1.33 bits per heavy atom. The molecule has 1 aromatic rings. The molecule has 1 heterocycles. The third-order valence-electron chi connectivity index (χ3n) is 4.42. The van der Waals surface area contributed by atoms with Crippen molar-refractivity contribution < 1.29 is 23.9 Å². The maximum atomic E-state index is 13.0. The Balaban J connectivity index is 1.72. The lowest BCUT2D eigenvalue weighted by Gasteiger charge is -2.37. The fourth-order valence-corrected chi connectivity index (χ4v) is 3.66. The SMILES string of the molecule is CC1(NCN2C(=O)S/C(=C/c3ccc(F)cc3)C2=O)C=CC=CC1C(=O)[O-]. The molecule has 0 aromatic heterocycles. The quantitative estimate of drug-likeness (QED) is 0.773. The molecule has 1 saturated heterocycles. The van der Waals surface area contributed by atoms with E-state index in [0.29, 0.717) is 5.56 Å². The Kier molecular flexibility index (Phi) is 5.29. The average Bonchev–Trinajstić information content (AvgIpc) is 2.88. The predicted molar refractivity (Wildman–Crippen MR) is 97.4 cm³/mol. The van der Waals surface area contributed by atoms with E-state index >= 15 is 0 Å². The van der Waals surface area contributed by atoms with Crippen molar-refractivity contribution >= 4 is 35.0 Å². The summed E-state index contributed by atoms with van der Waals surface area (Å²) in [5, 5.41) is 13.8. The number of amides is 2. The third kappa shape index (κ3) is 4.01. The zero-order chi connectivity index (χ0) is 19.6. The highest BCUT2D eigenvalue weighted by molar-refractivity contribution is 8.18. The lowest BCUT2D eigenvalue weighted by atomic mass is 9.82. The highest BCUT2D eigenvalue weighted by Gasteiger charge is 2.38. The second-order valence-corrected chi connectivity index (χ2v) is 7.31. The number of carbonyl (C=O) groups is 3. The van der Waals surface area contributed by atoms with Crippen molar-refractivity contribution in [2.75, 3.05) is 6.67 Å². The van der Waals surface area contributed by atoms with Crippen molar-refractivity contribution in [1.29, 1.82) is 0 Å². The largest absolute Gasteiger partial charge is 0.549 e. The van der Waals surface area contributed by atoms with Gasteiger partial charge in [-0.2, -0.15) is 0 Å². The number of halogens is 1. The summed E-state index contributed by atoms with van der Waals surface area (Å²) in [4.78, 5) is 37.3. The first-order valence-electron chi connectivity index (χ1n) is 8.13. The van der Waals surface area contributed by atoms with E-state index in [1.807, 2.05) is 0 Å². The lowest BCUT2D eigenvalue weighted by molar-refractivity contribution is -0.311. The molecule has 2 aliphatic rings. The van der Waals surface area contributed by atoms with Crippen LogP contribution in [0.1, 0.15) is 12.5 Å². The molecule has 0 bridgehead atoms. The second-order valence-electron chi connectivity index (χ2n) is 6.32. The first-order valence-corrected chi connectivity index (χ1v) is 8.95. The highest BCUT2D eigenvalue weighted by atomic mass is 32.2. The Morgan fingerprint density at radius 3 is 2.70 bits per heavy atom. The van der Waals surface area contributed by atoms with Crippen molar-refractivity contribution in [1.82, 2.24) is 10.2 Å². The normalized spacial score (nSPS) is 26.2. The van der Waals surface area contributed by atoms with E-state index in [1.165, 1.54) is 36.4 Å². The lowest BCUT2D eigenvalue weighted by Crippen LogP contribution is -2.56. The number of allylic oxidation sites excluding steroid dienone is 2. The van der Waals surface area contributed by atoms with Crippen LogP contribution in [0.5, 0.6) is 0 Å². The number of hydrogen-bond acceptors (Lipinski definition) is 6. The highest BCUT2D eigenvalue weighted by Crippen LogP contribution is 2.32. The number of carbonyl (C=O) groups excluding carboxylic acids is 3. The van der Waals surface area contributed by atoms with Crippen LogP contribution in [0.3, 0.4) is 0 Å². The molecule has 8 heteroatoms. The molecule has 6 nitrogen and oxygen atoms in total. The van der Waals surface area contributed by atoms with Gasteiger partial charge < -0.3 is 9.90 Å². The third-order valence-corrected chi connectivity index (χ3v) is 5.32. The number of rotatable bonds is 5. The van der Waals surface area contributed by atoms with Crippen molar-refractivity contribution in [3.05, 3.63) is 64.9 Å². The Morgan fingerprint density at radius 2 is 2.04 bits per heavy atom. The van der Waals surface area contributed by atoms with Gasteiger partial charge in [0.05, 0.1) is 17.5 Å². The number of carboxylic acids is 1. The van der Waals surface area contributed by atoms with E-state index < -0.39 is 34.4 Å². The smallest absolute Gasteiger partial charge is 0.294 e. The van der Waals surface area contributed by atoms with Gasteiger partial charge in [0.15, 0.2) is 0 Å². The molecule has 0 saturated carbocycles. The van der Waals surface area contributed by atoms with E-state index in [1.54, 1.807) is 25.2 Å². The first-order chi connectivity index (χ1) is 12.8. The summed E-state index contributed by atoms with van der Waals surface area (Å²) in [6, 6.07) is 5.54. The van der Waals surface area contributed by atoms with Crippen LogP contribution in [0, 0.1) is 11.7 Å². The van der Waals surface area contributed by atoms with Gasteiger partial charge in [0.2, 0.25) is 0 Å². The molecule has 2 amide bonds. The maximum Gasteiger partial charge on any atom is 0.294 e. The minimum atomic E-state index is -1.25. The number of aliphatic carboxylic acids is 1. The molecule has 27 heavy (non-hydrogen) atoms. The van der Waals surface area contributed by atoms with Crippen LogP contribution < -0.4 is 10.4 Å². The van der Waals surface area contributed by atoms with Crippen LogP contribution in [-0.4, -0.2) is 34.2 Å². The molecule has 1 aliphatic carbocycles. The molecule has 1 aromatic carbocycles. The van der Waals surface area contributed by atoms with Gasteiger partial charge >= 0.3 is 0 Å². The van der Waals surface area contributed by atoms with E-state index in [4.69, 9.17) is 0 Å². The summed E-state index contributed by atoms with van der Waals surface area (Å²) in [5.41, 5.74) is -0.401. The van der Waals surface area contributed by atoms with Crippen molar-refractivity contribution in [3.8, 4) is 0 Å². The van der Waals surface area contributed by atoms with Crippen LogP contribution in [0.4, 0.5) is 9.18 Å². The van der Waals surface area contributed by atoms with E-state index in [9.17, 15) is 23.9 Å².